The number of imide groups is 1. The average Bonchev–Trinajstić information content (AvgIpc) is 3.69. The van der Waals surface area contributed by atoms with Gasteiger partial charge < -0.3 is 19.9 Å². The molecule has 53 heavy (non-hydrogen) atoms. The predicted molar refractivity (Wildman–Crippen MR) is 194 cm³/mol. The molecule has 2 aromatic carbocycles. The molecule has 3 aliphatic heterocycles. The molecular weight excluding hydrogens is 679 g/mol. The Morgan fingerprint density at radius 1 is 1.06 bits per heavy atom. The molecule has 276 valence electrons. The number of nitrogens with one attached hydrogen (secondary N) is 2. The van der Waals surface area contributed by atoms with Gasteiger partial charge in [0.25, 0.3) is 11.8 Å². The molecule has 5 heterocycles. The van der Waals surface area contributed by atoms with Crippen molar-refractivity contribution in [3.63, 3.8) is 0 Å². The second-order valence-electron chi connectivity index (χ2n) is 14.9. The number of hydrogen-bond donors (Lipinski definition) is 2. The van der Waals surface area contributed by atoms with Crippen molar-refractivity contribution in [3.8, 4) is 5.75 Å². The molecule has 0 bridgehead atoms. The van der Waals surface area contributed by atoms with E-state index >= 15 is 4.39 Å². The predicted octanol–water partition coefficient (Wildman–Crippen LogP) is 4.52. The Kier molecular flexibility index (Phi) is 9.09. The van der Waals surface area contributed by atoms with Gasteiger partial charge in [-0.1, -0.05) is 6.07 Å². The second kappa shape index (κ2) is 13.9. The summed E-state index contributed by atoms with van der Waals surface area (Å²) >= 11 is 0. The van der Waals surface area contributed by atoms with Gasteiger partial charge in [-0.05, 0) is 88.9 Å². The summed E-state index contributed by atoms with van der Waals surface area (Å²) in [5.41, 5.74) is 3.87. The van der Waals surface area contributed by atoms with Gasteiger partial charge in [-0.3, -0.25) is 29.4 Å². The van der Waals surface area contributed by atoms with E-state index in [0.717, 1.165) is 50.0 Å². The molecule has 1 aliphatic carbocycles. The van der Waals surface area contributed by atoms with Crippen molar-refractivity contribution in [3.05, 3.63) is 83.1 Å². The molecule has 0 radical (unpaired) electrons. The van der Waals surface area contributed by atoms with E-state index in [2.05, 4.69) is 37.6 Å². The minimum atomic E-state index is -0.647. The molecule has 4 aliphatic rings. The van der Waals surface area contributed by atoms with Gasteiger partial charge in [0.1, 0.15) is 17.1 Å². The summed E-state index contributed by atoms with van der Waals surface area (Å²) in [5, 5.41) is 9.53. The lowest BCUT2D eigenvalue weighted by Crippen LogP contribution is -2.61. The van der Waals surface area contributed by atoms with Gasteiger partial charge in [0, 0.05) is 73.4 Å². The van der Waals surface area contributed by atoms with Crippen molar-refractivity contribution >= 4 is 40.7 Å². The minimum absolute atomic E-state index is 0.0133. The van der Waals surface area contributed by atoms with E-state index in [-0.39, 0.29) is 36.3 Å². The first-order chi connectivity index (χ1) is 25.5. The zero-order chi connectivity index (χ0) is 37.0. The number of benzene rings is 2. The Morgan fingerprint density at radius 2 is 1.85 bits per heavy atom. The van der Waals surface area contributed by atoms with Crippen LogP contribution in [0.3, 0.4) is 0 Å². The number of amides is 4. The number of carbonyl (C=O) groups is 4. The second-order valence-corrected chi connectivity index (χ2v) is 14.9. The maximum atomic E-state index is 15.1. The lowest BCUT2D eigenvalue weighted by Gasteiger charge is -2.49. The van der Waals surface area contributed by atoms with Gasteiger partial charge in [-0.15, -0.1) is 0 Å². The first kappa shape index (κ1) is 34.7. The van der Waals surface area contributed by atoms with E-state index in [9.17, 15) is 19.2 Å². The number of fused-ring (bicyclic) bond motifs is 2. The number of piperidine rings is 1. The number of halogens is 1. The average molecular weight is 723 g/mol. The van der Waals surface area contributed by atoms with Crippen LogP contribution in [0.15, 0.2) is 55.0 Å². The normalized spacial score (nSPS) is 22.0. The molecule has 4 amide bonds. The van der Waals surface area contributed by atoms with E-state index in [1.807, 2.05) is 30.9 Å². The smallest absolute Gasteiger partial charge is 0.261 e. The van der Waals surface area contributed by atoms with Crippen molar-refractivity contribution in [2.24, 2.45) is 0 Å². The summed E-state index contributed by atoms with van der Waals surface area (Å²) in [4.78, 5) is 61.8. The fourth-order valence-electron chi connectivity index (χ4n) is 8.27. The molecule has 1 atom stereocenters. The van der Waals surface area contributed by atoms with E-state index in [1.165, 1.54) is 12.3 Å². The zero-order valence-electron chi connectivity index (χ0n) is 30.0. The zero-order valence-corrected chi connectivity index (χ0v) is 30.0. The largest absolute Gasteiger partial charge is 0.489 e. The first-order valence-electron chi connectivity index (χ1n) is 18.4. The third kappa shape index (κ3) is 6.60. The van der Waals surface area contributed by atoms with Crippen LogP contribution in [0.4, 0.5) is 15.8 Å². The number of nitrogens with zero attached hydrogens (tertiary/aromatic N) is 6. The summed E-state index contributed by atoms with van der Waals surface area (Å²) in [6.45, 7) is 5.84. The Balaban J connectivity index is 0.873. The number of ether oxygens (including phenoxy) is 1. The molecule has 14 heteroatoms. The van der Waals surface area contributed by atoms with Crippen LogP contribution in [0, 0.1) is 5.82 Å². The van der Waals surface area contributed by atoms with Gasteiger partial charge in [0.2, 0.25) is 11.8 Å². The lowest BCUT2D eigenvalue weighted by molar-refractivity contribution is -0.134. The summed E-state index contributed by atoms with van der Waals surface area (Å²) in [5.74, 6) is -1.75. The maximum absolute atomic E-state index is 15.1. The number of aromatic nitrogens is 3. The van der Waals surface area contributed by atoms with Crippen LogP contribution in [0.2, 0.25) is 0 Å². The molecule has 0 spiro atoms. The third-order valence-corrected chi connectivity index (χ3v) is 11.3. The minimum Gasteiger partial charge on any atom is -0.489 e. The fraction of sp³-hybridized carbons (Fsp3) is 0.436. The highest BCUT2D eigenvalue weighted by atomic mass is 19.1. The van der Waals surface area contributed by atoms with Crippen LogP contribution in [-0.2, 0) is 16.1 Å². The molecular formula is C39H43FN8O5. The molecule has 1 unspecified atom stereocenters. The summed E-state index contributed by atoms with van der Waals surface area (Å²) in [6.07, 6.45) is 8.89. The number of likely N-dealkylation sites (N-methyl/N-ethyl adjacent to an activating group) is 1. The van der Waals surface area contributed by atoms with E-state index in [0.29, 0.717) is 58.8 Å². The highest BCUT2D eigenvalue weighted by Crippen LogP contribution is 2.39. The quantitative estimate of drug-likeness (QED) is 0.239. The maximum Gasteiger partial charge on any atom is 0.261 e. The molecule has 2 N–H and O–H groups in total. The number of anilines is 2. The van der Waals surface area contributed by atoms with Crippen LogP contribution in [0.25, 0.3) is 5.65 Å². The number of hydrogen-bond acceptors (Lipinski definition) is 9. The van der Waals surface area contributed by atoms with Gasteiger partial charge in [-0.25, -0.2) is 13.9 Å². The van der Waals surface area contributed by atoms with Crippen LogP contribution in [0.1, 0.15) is 90.1 Å². The Morgan fingerprint density at radius 3 is 2.58 bits per heavy atom. The van der Waals surface area contributed by atoms with E-state index < -0.39 is 17.6 Å². The van der Waals surface area contributed by atoms with Gasteiger partial charge >= 0.3 is 0 Å². The fourth-order valence-corrected chi connectivity index (χ4v) is 8.27. The molecule has 13 nitrogen and oxygen atoms in total. The Hall–Kier alpha value is -5.37. The molecule has 2 saturated heterocycles. The standard InChI is InChI=1S/C39H43FN8O5/c1-22(2)53-34-17-30-23(15-33(34)43-38(51)31-18-42-48-14-4-13-41-36(31)48)19-47(39(30)52)25-7-5-24(6-8-25)45(3)27-20-46(21-27)26-9-10-28(32(40)16-26)29-11-12-35(49)44-37(29)50/h4,9-10,13-18,22,24-25,27,29H,5-8,11-12,19-21H2,1-3H3,(H,43,51)(H,44,49,50). The highest BCUT2D eigenvalue weighted by Gasteiger charge is 2.40. The summed E-state index contributed by atoms with van der Waals surface area (Å²) in [6, 6.07) is 11.2. The van der Waals surface area contributed by atoms with E-state index in [1.54, 1.807) is 35.1 Å². The van der Waals surface area contributed by atoms with Crippen LogP contribution < -0.4 is 20.3 Å². The van der Waals surface area contributed by atoms with Gasteiger partial charge in [0.15, 0.2) is 5.65 Å². The molecule has 3 fully saturated rings. The summed E-state index contributed by atoms with van der Waals surface area (Å²) in [7, 11) is 2.16. The number of carbonyl (C=O) groups excluding carboxylic acids is 4. The topological polar surface area (TPSA) is 141 Å². The molecule has 2 aromatic heterocycles. The molecule has 1 saturated carbocycles. The van der Waals surface area contributed by atoms with Crippen molar-refractivity contribution < 1.29 is 28.3 Å². The molecule has 8 rings (SSSR count). The monoisotopic (exact) mass is 722 g/mol. The lowest BCUT2D eigenvalue weighted by atomic mass is 9.88. The van der Waals surface area contributed by atoms with Crippen molar-refractivity contribution in [2.45, 2.75) is 89.1 Å². The van der Waals surface area contributed by atoms with Crippen molar-refractivity contribution in [2.75, 3.05) is 30.4 Å². The highest BCUT2D eigenvalue weighted by molar-refractivity contribution is 6.09. The van der Waals surface area contributed by atoms with E-state index in [4.69, 9.17) is 4.74 Å². The summed E-state index contributed by atoms with van der Waals surface area (Å²) < 4.78 is 22.8. The van der Waals surface area contributed by atoms with Gasteiger partial charge in [-0.2, -0.15) is 5.10 Å². The van der Waals surface area contributed by atoms with Crippen molar-refractivity contribution in [1.29, 1.82) is 0 Å². The van der Waals surface area contributed by atoms with Gasteiger partial charge in [0.05, 0.1) is 23.9 Å². The SMILES string of the molecule is CC(C)Oc1cc2c(cc1NC(=O)c1cnn3cccnc13)CN(C1CCC(N(C)C3CN(c4ccc(C5CCC(=O)NC5=O)c(F)c4)C3)CC1)C2=O. The third-order valence-electron chi connectivity index (χ3n) is 11.3. The Bertz CT molecular complexity index is 2100. The first-order valence-corrected chi connectivity index (χ1v) is 18.4. The number of rotatable bonds is 9. The van der Waals surface area contributed by atoms with Crippen LogP contribution >= 0.6 is 0 Å². The Labute approximate surface area is 306 Å². The van der Waals surface area contributed by atoms with Crippen LogP contribution in [0.5, 0.6) is 5.75 Å². The van der Waals surface area contributed by atoms with Crippen LogP contribution in [-0.4, -0.2) is 92.4 Å². The molecule has 4 aromatic rings. The van der Waals surface area contributed by atoms with Crippen molar-refractivity contribution in [1.82, 2.24) is 29.7 Å².